The summed E-state index contributed by atoms with van der Waals surface area (Å²) in [5, 5.41) is 4.99. The highest BCUT2D eigenvalue weighted by molar-refractivity contribution is 7.15. The summed E-state index contributed by atoms with van der Waals surface area (Å²) in [4.78, 5) is 9.21. The first kappa shape index (κ1) is 14.0. The van der Waals surface area contributed by atoms with E-state index in [0.717, 1.165) is 24.4 Å². The standard InChI is InChI=1S/C17H27N3S/c1-11(2)14-4-3-9-20(14)17-19-16(12-5-6-12)15(21-17)10-18-13-7-8-13/h11-14,18H,3-10H2,1-2H3. The Kier molecular flexibility index (Phi) is 3.70. The molecule has 1 aromatic heterocycles. The Morgan fingerprint density at radius 2 is 2.05 bits per heavy atom. The van der Waals surface area contributed by atoms with E-state index in [1.807, 2.05) is 11.3 Å². The number of rotatable bonds is 6. The van der Waals surface area contributed by atoms with Crippen molar-refractivity contribution >= 4 is 16.5 Å². The third-order valence-corrected chi connectivity index (χ3v) is 6.23. The predicted octanol–water partition coefficient (Wildman–Crippen LogP) is 3.90. The molecule has 0 bridgehead atoms. The summed E-state index contributed by atoms with van der Waals surface area (Å²) in [6.07, 6.45) is 8.11. The zero-order chi connectivity index (χ0) is 14.4. The van der Waals surface area contributed by atoms with E-state index in [0.29, 0.717) is 6.04 Å². The molecule has 1 atom stereocenters. The van der Waals surface area contributed by atoms with Gasteiger partial charge >= 0.3 is 0 Å². The van der Waals surface area contributed by atoms with Crippen LogP contribution in [0.1, 0.15) is 68.9 Å². The summed E-state index contributed by atoms with van der Waals surface area (Å²) in [6.45, 7) is 6.96. The van der Waals surface area contributed by atoms with Crippen LogP contribution in [0.2, 0.25) is 0 Å². The van der Waals surface area contributed by atoms with E-state index in [4.69, 9.17) is 4.98 Å². The minimum absolute atomic E-state index is 0.701. The Bertz CT molecular complexity index is 502. The van der Waals surface area contributed by atoms with Crippen LogP contribution in [0.25, 0.3) is 0 Å². The Labute approximate surface area is 132 Å². The van der Waals surface area contributed by atoms with Crippen molar-refractivity contribution in [1.82, 2.24) is 10.3 Å². The lowest BCUT2D eigenvalue weighted by Gasteiger charge is -2.27. The van der Waals surface area contributed by atoms with Crippen molar-refractivity contribution < 1.29 is 0 Å². The van der Waals surface area contributed by atoms with Gasteiger partial charge in [0.2, 0.25) is 0 Å². The van der Waals surface area contributed by atoms with E-state index >= 15 is 0 Å². The summed E-state index contributed by atoms with van der Waals surface area (Å²) in [5.74, 6) is 1.50. The minimum Gasteiger partial charge on any atom is -0.345 e. The van der Waals surface area contributed by atoms with Gasteiger partial charge in [0, 0.05) is 36.0 Å². The molecule has 0 aromatic carbocycles. The zero-order valence-electron chi connectivity index (χ0n) is 13.3. The number of hydrogen-bond acceptors (Lipinski definition) is 4. The summed E-state index contributed by atoms with van der Waals surface area (Å²) >= 11 is 1.97. The summed E-state index contributed by atoms with van der Waals surface area (Å²) in [5.41, 5.74) is 1.43. The van der Waals surface area contributed by atoms with Crippen LogP contribution in [0, 0.1) is 5.92 Å². The molecule has 1 aliphatic heterocycles. The largest absolute Gasteiger partial charge is 0.345 e. The molecule has 1 aromatic rings. The average Bonchev–Trinajstić information content (AvgIpc) is 3.38. The molecular weight excluding hydrogens is 278 g/mol. The number of hydrogen-bond donors (Lipinski definition) is 1. The Morgan fingerprint density at radius 1 is 1.24 bits per heavy atom. The van der Waals surface area contributed by atoms with Crippen LogP contribution < -0.4 is 10.2 Å². The maximum absolute atomic E-state index is 5.09. The van der Waals surface area contributed by atoms with Crippen LogP contribution in [-0.2, 0) is 6.54 Å². The van der Waals surface area contributed by atoms with Gasteiger partial charge in [-0.25, -0.2) is 4.98 Å². The van der Waals surface area contributed by atoms with Gasteiger partial charge in [-0.2, -0.15) is 0 Å². The van der Waals surface area contributed by atoms with Crippen LogP contribution in [-0.4, -0.2) is 23.6 Å². The molecule has 1 N–H and O–H groups in total. The molecule has 116 valence electrons. The molecule has 0 radical (unpaired) electrons. The van der Waals surface area contributed by atoms with Crippen molar-refractivity contribution in [2.45, 2.75) is 76.9 Å². The third kappa shape index (κ3) is 2.98. The average molecular weight is 305 g/mol. The van der Waals surface area contributed by atoms with Gasteiger partial charge in [-0.05, 0) is 44.4 Å². The van der Waals surface area contributed by atoms with Gasteiger partial charge in [-0.3, -0.25) is 0 Å². The molecule has 3 fully saturated rings. The van der Waals surface area contributed by atoms with Crippen LogP contribution >= 0.6 is 11.3 Å². The van der Waals surface area contributed by atoms with Crippen molar-refractivity contribution in [3.63, 3.8) is 0 Å². The van der Waals surface area contributed by atoms with Gasteiger partial charge in [0.1, 0.15) is 0 Å². The van der Waals surface area contributed by atoms with E-state index in [9.17, 15) is 0 Å². The molecule has 2 saturated carbocycles. The molecule has 21 heavy (non-hydrogen) atoms. The molecule has 1 saturated heterocycles. The third-order valence-electron chi connectivity index (χ3n) is 5.12. The fourth-order valence-corrected chi connectivity index (χ4v) is 4.70. The van der Waals surface area contributed by atoms with Gasteiger partial charge in [-0.15, -0.1) is 11.3 Å². The first-order valence-corrected chi connectivity index (χ1v) is 9.53. The van der Waals surface area contributed by atoms with E-state index in [-0.39, 0.29) is 0 Å². The summed E-state index contributed by atoms with van der Waals surface area (Å²) in [6, 6.07) is 1.49. The van der Waals surface area contributed by atoms with E-state index in [1.165, 1.54) is 60.8 Å². The molecule has 4 heteroatoms. The van der Waals surface area contributed by atoms with Gasteiger partial charge in [-0.1, -0.05) is 13.8 Å². The second kappa shape index (κ2) is 5.54. The topological polar surface area (TPSA) is 28.2 Å². The van der Waals surface area contributed by atoms with Crippen molar-refractivity contribution in [3.05, 3.63) is 10.6 Å². The summed E-state index contributed by atoms with van der Waals surface area (Å²) < 4.78 is 0. The maximum atomic E-state index is 5.09. The van der Waals surface area contributed by atoms with Gasteiger partial charge in [0.25, 0.3) is 0 Å². The van der Waals surface area contributed by atoms with Gasteiger partial charge in [0.05, 0.1) is 5.69 Å². The monoisotopic (exact) mass is 305 g/mol. The highest BCUT2D eigenvalue weighted by atomic mass is 32.1. The van der Waals surface area contributed by atoms with Crippen LogP contribution in [0.15, 0.2) is 0 Å². The molecule has 3 aliphatic rings. The molecule has 3 nitrogen and oxygen atoms in total. The number of aromatic nitrogens is 1. The lowest BCUT2D eigenvalue weighted by atomic mass is 10.0. The van der Waals surface area contributed by atoms with Crippen LogP contribution in [0.4, 0.5) is 5.13 Å². The molecule has 1 unspecified atom stereocenters. The first-order chi connectivity index (χ1) is 10.2. The lowest BCUT2D eigenvalue weighted by Crippen LogP contribution is -2.33. The zero-order valence-corrected chi connectivity index (χ0v) is 14.1. The smallest absolute Gasteiger partial charge is 0.186 e. The Balaban J connectivity index is 1.55. The molecule has 2 heterocycles. The van der Waals surface area contributed by atoms with E-state index < -0.39 is 0 Å². The Hall–Kier alpha value is -0.610. The second-order valence-electron chi connectivity index (χ2n) is 7.38. The number of anilines is 1. The van der Waals surface area contributed by atoms with Crippen molar-refractivity contribution in [2.75, 3.05) is 11.4 Å². The molecule has 4 rings (SSSR count). The predicted molar refractivity (Wildman–Crippen MR) is 89.2 cm³/mol. The number of nitrogens with one attached hydrogen (secondary N) is 1. The van der Waals surface area contributed by atoms with E-state index in [2.05, 4.69) is 24.1 Å². The summed E-state index contributed by atoms with van der Waals surface area (Å²) in [7, 11) is 0. The fraction of sp³-hybridized carbons (Fsp3) is 0.824. The van der Waals surface area contributed by atoms with E-state index in [1.54, 1.807) is 0 Å². The van der Waals surface area contributed by atoms with Gasteiger partial charge < -0.3 is 10.2 Å². The first-order valence-electron chi connectivity index (χ1n) is 8.72. The minimum atomic E-state index is 0.701. The van der Waals surface area contributed by atoms with Crippen molar-refractivity contribution in [3.8, 4) is 0 Å². The van der Waals surface area contributed by atoms with Crippen LogP contribution in [0.5, 0.6) is 0 Å². The molecule has 0 spiro atoms. The van der Waals surface area contributed by atoms with Crippen molar-refractivity contribution in [1.29, 1.82) is 0 Å². The number of thiazole rings is 1. The van der Waals surface area contributed by atoms with Crippen LogP contribution in [0.3, 0.4) is 0 Å². The maximum Gasteiger partial charge on any atom is 0.186 e. The van der Waals surface area contributed by atoms with Crippen molar-refractivity contribution in [2.24, 2.45) is 5.92 Å². The fourth-order valence-electron chi connectivity index (χ4n) is 3.52. The van der Waals surface area contributed by atoms with Gasteiger partial charge in [0.15, 0.2) is 5.13 Å². The quantitative estimate of drug-likeness (QED) is 0.864. The highest BCUT2D eigenvalue weighted by Gasteiger charge is 2.34. The lowest BCUT2D eigenvalue weighted by molar-refractivity contribution is 0.491. The highest BCUT2D eigenvalue weighted by Crippen LogP contribution is 2.45. The molecular formula is C17H27N3S. The SMILES string of the molecule is CC(C)C1CCCN1c1nc(C2CC2)c(CNC2CC2)s1. The normalized spacial score (nSPS) is 26.0. The Morgan fingerprint density at radius 3 is 2.71 bits per heavy atom. The second-order valence-corrected chi connectivity index (χ2v) is 8.44. The molecule has 2 aliphatic carbocycles. The molecule has 0 amide bonds. The number of nitrogens with zero attached hydrogens (tertiary/aromatic N) is 2.